The number of nitrogens with zero attached hydrogens (tertiary/aromatic N) is 2. The molecule has 0 saturated carbocycles. The fourth-order valence-corrected chi connectivity index (χ4v) is 2.85. The van der Waals surface area contributed by atoms with Crippen LogP contribution in [-0.2, 0) is 6.54 Å². The van der Waals surface area contributed by atoms with Crippen molar-refractivity contribution in [3.8, 4) is 0 Å². The van der Waals surface area contributed by atoms with Crippen molar-refractivity contribution in [3.05, 3.63) is 75.2 Å². The lowest BCUT2D eigenvalue weighted by molar-refractivity contribution is 0.0945. The van der Waals surface area contributed by atoms with E-state index >= 15 is 0 Å². The van der Waals surface area contributed by atoms with Crippen LogP contribution in [0.4, 0.5) is 0 Å². The van der Waals surface area contributed by atoms with Gasteiger partial charge in [-0.25, -0.2) is 4.68 Å². The smallest absolute Gasteiger partial charge is 0.274 e. The molecule has 0 atom stereocenters. The van der Waals surface area contributed by atoms with Crippen molar-refractivity contribution in [2.24, 2.45) is 0 Å². The molecule has 1 heterocycles. The lowest BCUT2D eigenvalue weighted by Gasteiger charge is -2.13. The highest BCUT2D eigenvalue weighted by molar-refractivity contribution is 6.30. The average molecular weight is 356 g/mol. The number of hydrogen-bond donors (Lipinski definition) is 1. The fraction of sp³-hybridized carbons (Fsp3) is 0.211. The molecule has 1 amide bonds. The number of aromatic nitrogens is 2. The Bertz CT molecular complexity index is 995. The number of amides is 1. The van der Waals surface area contributed by atoms with Gasteiger partial charge in [-0.05, 0) is 37.6 Å². The van der Waals surface area contributed by atoms with Crippen molar-refractivity contribution in [2.75, 3.05) is 0 Å². The summed E-state index contributed by atoms with van der Waals surface area (Å²) in [5.41, 5.74) is 0.935. The predicted molar refractivity (Wildman–Crippen MR) is 99.0 cm³/mol. The first-order valence-electron chi connectivity index (χ1n) is 8.01. The lowest BCUT2D eigenvalue weighted by atomic mass is 10.1. The molecule has 128 valence electrons. The third-order valence-electron chi connectivity index (χ3n) is 3.87. The van der Waals surface area contributed by atoms with Crippen LogP contribution in [0, 0.1) is 0 Å². The molecule has 1 aromatic heterocycles. The van der Waals surface area contributed by atoms with Gasteiger partial charge in [0.25, 0.3) is 11.5 Å². The Balaban J connectivity index is 1.98. The Morgan fingerprint density at radius 1 is 1.16 bits per heavy atom. The SMILES string of the molecule is CC(C)n1nc(C(=O)NCc2cccc(Cl)c2)c2ccccc2c1=O. The van der Waals surface area contributed by atoms with E-state index in [-0.39, 0.29) is 23.2 Å². The van der Waals surface area contributed by atoms with Crippen LogP contribution in [0.3, 0.4) is 0 Å². The number of carbonyl (C=O) groups excluding carboxylic acids is 1. The Labute approximate surface area is 150 Å². The van der Waals surface area contributed by atoms with Crippen LogP contribution < -0.4 is 10.9 Å². The minimum Gasteiger partial charge on any atom is -0.347 e. The van der Waals surface area contributed by atoms with Crippen molar-refractivity contribution < 1.29 is 4.79 Å². The molecule has 3 aromatic rings. The van der Waals surface area contributed by atoms with Gasteiger partial charge in [-0.2, -0.15) is 5.10 Å². The summed E-state index contributed by atoms with van der Waals surface area (Å²) in [5, 5.41) is 8.79. The lowest BCUT2D eigenvalue weighted by Crippen LogP contribution is -2.31. The minimum absolute atomic E-state index is 0.142. The predicted octanol–water partition coefficient (Wildman–Crippen LogP) is 3.56. The fourth-order valence-electron chi connectivity index (χ4n) is 2.64. The molecular weight excluding hydrogens is 338 g/mol. The molecule has 1 N–H and O–H groups in total. The Morgan fingerprint density at radius 3 is 2.56 bits per heavy atom. The van der Waals surface area contributed by atoms with E-state index in [2.05, 4.69) is 10.4 Å². The zero-order valence-corrected chi connectivity index (χ0v) is 14.7. The maximum atomic E-state index is 12.7. The average Bonchev–Trinajstić information content (AvgIpc) is 2.60. The second-order valence-electron chi connectivity index (χ2n) is 6.05. The molecule has 0 unspecified atom stereocenters. The number of fused-ring (bicyclic) bond motifs is 1. The number of hydrogen-bond acceptors (Lipinski definition) is 3. The van der Waals surface area contributed by atoms with E-state index < -0.39 is 0 Å². The zero-order chi connectivity index (χ0) is 18.0. The number of carbonyl (C=O) groups is 1. The summed E-state index contributed by atoms with van der Waals surface area (Å²) in [5.74, 6) is -0.328. The van der Waals surface area contributed by atoms with Crippen LogP contribution in [0.5, 0.6) is 0 Å². The van der Waals surface area contributed by atoms with Crippen LogP contribution in [0.25, 0.3) is 10.8 Å². The minimum atomic E-state index is -0.328. The van der Waals surface area contributed by atoms with E-state index in [0.29, 0.717) is 22.3 Å². The number of benzene rings is 2. The summed E-state index contributed by atoms with van der Waals surface area (Å²) >= 11 is 5.97. The second kappa shape index (κ2) is 7.07. The van der Waals surface area contributed by atoms with E-state index in [0.717, 1.165) is 5.56 Å². The van der Waals surface area contributed by atoms with E-state index in [1.165, 1.54) is 4.68 Å². The van der Waals surface area contributed by atoms with Gasteiger partial charge in [0.05, 0.1) is 11.4 Å². The largest absolute Gasteiger partial charge is 0.347 e. The summed E-state index contributed by atoms with van der Waals surface area (Å²) in [6, 6.07) is 14.2. The molecule has 3 rings (SSSR count). The Kier molecular flexibility index (Phi) is 4.86. The third-order valence-corrected chi connectivity index (χ3v) is 4.11. The second-order valence-corrected chi connectivity index (χ2v) is 6.49. The highest BCUT2D eigenvalue weighted by Crippen LogP contribution is 2.15. The van der Waals surface area contributed by atoms with Gasteiger partial charge in [-0.1, -0.05) is 41.9 Å². The summed E-state index contributed by atoms with van der Waals surface area (Å²) in [7, 11) is 0. The van der Waals surface area contributed by atoms with Gasteiger partial charge >= 0.3 is 0 Å². The van der Waals surface area contributed by atoms with E-state index in [9.17, 15) is 9.59 Å². The van der Waals surface area contributed by atoms with Crippen molar-refractivity contribution in [1.29, 1.82) is 0 Å². The highest BCUT2D eigenvalue weighted by atomic mass is 35.5. The normalized spacial score (nSPS) is 11.0. The van der Waals surface area contributed by atoms with Gasteiger partial charge in [0, 0.05) is 17.0 Å². The maximum absolute atomic E-state index is 12.7. The number of halogens is 1. The Morgan fingerprint density at radius 2 is 1.88 bits per heavy atom. The van der Waals surface area contributed by atoms with Crippen LogP contribution in [-0.4, -0.2) is 15.7 Å². The quantitative estimate of drug-likeness (QED) is 0.778. The molecule has 25 heavy (non-hydrogen) atoms. The summed E-state index contributed by atoms with van der Waals surface area (Å²) < 4.78 is 1.34. The van der Waals surface area contributed by atoms with Crippen molar-refractivity contribution in [1.82, 2.24) is 15.1 Å². The Hall–Kier alpha value is -2.66. The van der Waals surface area contributed by atoms with Crippen LogP contribution in [0.15, 0.2) is 53.3 Å². The molecule has 0 fully saturated rings. The third kappa shape index (κ3) is 3.56. The molecule has 0 radical (unpaired) electrons. The van der Waals surface area contributed by atoms with E-state index in [1.807, 2.05) is 26.0 Å². The van der Waals surface area contributed by atoms with Crippen LogP contribution >= 0.6 is 11.6 Å². The van der Waals surface area contributed by atoms with Gasteiger partial charge in [-0.15, -0.1) is 0 Å². The van der Waals surface area contributed by atoms with Gasteiger partial charge in [-0.3, -0.25) is 9.59 Å². The maximum Gasteiger partial charge on any atom is 0.274 e. The molecule has 2 aromatic carbocycles. The molecule has 0 saturated heterocycles. The van der Waals surface area contributed by atoms with Crippen molar-refractivity contribution >= 4 is 28.3 Å². The molecule has 0 bridgehead atoms. The van der Waals surface area contributed by atoms with E-state index in [1.54, 1.807) is 36.4 Å². The summed E-state index contributed by atoms with van der Waals surface area (Å²) in [4.78, 5) is 25.2. The van der Waals surface area contributed by atoms with Crippen molar-refractivity contribution in [3.63, 3.8) is 0 Å². The standard InChI is InChI=1S/C19H18ClN3O2/c1-12(2)23-19(25)16-9-4-3-8-15(16)17(22-23)18(24)21-11-13-6-5-7-14(20)10-13/h3-10,12H,11H2,1-2H3,(H,21,24). The molecule has 0 aliphatic carbocycles. The topological polar surface area (TPSA) is 64.0 Å². The van der Waals surface area contributed by atoms with Gasteiger partial charge in [0.2, 0.25) is 0 Å². The first-order valence-corrected chi connectivity index (χ1v) is 8.39. The first kappa shape index (κ1) is 17.2. The molecule has 6 heteroatoms. The zero-order valence-electron chi connectivity index (χ0n) is 14.0. The molecule has 0 aliphatic rings. The van der Waals surface area contributed by atoms with Gasteiger partial charge in [0.1, 0.15) is 0 Å². The molecule has 0 aliphatic heterocycles. The molecule has 0 spiro atoms. The van der Waals surface area contributed by atoms with Crippen LogP contribution in [0.2, 0.25) is 5.02 Å². The summed E-state index contributed by atoms with van der Waals surface area (Å²) in [6.45, 7) is 4.05. The molecular formula is C19H18ClN3O2. The number of rotatable bonds is 4. The van der Waals surface area contributed by atoms with Crippen molar-refractivity contribution in [2.45, 2.75) is 26.4 Å². The molecule has 5 nitrogen and oxygen atoms in total. The van der Waals surface area contributed by atoms with E-state index in [4.69, 9.17) is 11.6 Å². The highest BCUT2D eigenvalue weighted by Gasteiger charge is 2.17. The van der Waals surface area contributed by atoms with Gasteiger partial charge < -0.3 is 5.32 Å². The first-order chi connectivity index (χ1) is 12.0. The monoisotopic (exact) mass is 355 g/mol. The number of nitrogens with one attached hydrogen (secondary N) is 1. The summed E-state index contributed by atoms with van der Waals surface area (Å²) in [6.07, 6.45) is 0. The van der Waals surface area contributed by atoms with Crippen LogP contribution in [0.1, 0.15) is 35.9 Å². The van der Waals surface area contributed by atoms with Gasteiger partial charge in [0.15, 0.2) is 5.69 Å².